The quantitative estimate of drug-likeness (QED) is 0.289. The van der Waals surface area contributed by atoms with Gasteiger partial charge >= 0.3 is 6.18 Å². The minimum absolute atomic E-state index is 0.0661. The smallest absolute Gasteiger partial charge is 0.423 e. The molecule has 0 aliphatic carbocycles. The van der Waals surface area contributed by atoms with Crippen molar-refractivity contribution in [2.24, 2.45) is 0 Å². The van der Waals surface area contributed by atoms with Crippen LogP contribution in [0.2, 0.25) is 0 Å². The number of halogens is 3. The number of fused-ring (bicyclic) bond motifs is 1. The second-order valence-electron chi connectivity index (χ2n) is 9.69. The van der Waals surface area contributed by atoms with Crippen LogP contribution in [-0.4, -0.2) is 50.8 Å². The number of anilines is 2. The summed E-state index contributed by atoms with van der Waals surface area (Å²) < 4.78 is 55.4. The van der Waals surface area contributed by atoms with Crippen molar-refractivity contribution in [2.45, 2.75) is 45.4 Å². The van der Waals surface area contributed by atoms with E-state index in [2.05, 4.69) is 31.5 Å². The highest BCUT2D eigenvalue weighted by molar-refractivity contribution is 7.16. The lowest BCUT2D eigenvalue weighted by Crippen LogP contribution is -2.34. The van der Waals surface area contributed by atoms with Gasteiger partial charge in [0.15, 0.2) is 5.13 Å². The molecule has 0 fully saturated rings. The Balaban J connectivity index is 1.19. The molecule has 0 saturated heterocycles. The number of thiazole rings is 1. The zero-order valence-electron chi connectivity index (χ0n) is 22.8. The predicted octanol–water partition coefficient (Wildman–Crippen LogP) is 3.88. The molecule has 1 aromatic carbocycles. The third-order valence-corrected chi connectivity index (χ3v) is 7.52. The maximum absolute atomic E-state index is 14.0. The molecule has 4 heterocycles. The van der Waals surface area contributed by atoms with Gasteiger partial charge < -0.3 is 19.7 Å². The van der Waals surface area contributed by atoms with Gasteiger partial charge in [-0.15, -0.1) is 0 Å². The van der Waals surface area contributed by atoms with Crippen molar-refractivity contribution in [3.63, 3.8) is 0 Å². The van der Waals surface area contributed by atoms with Gasteiger partial charge in [-0.25, -0.2) is 9.67 Å². The number of nitrogens with zero attached hydrogens (tertiary/aromatic N) is 7. The van der Waals surface area contributed by atoms with E-state index in [4.69, 9.17) is 14.7 Å². The Morgan fingerprint density at radius 3 is 2.69 bits per heavy atom. The molecule has 220 valence electrons. The standard InChI is InChI=1S/C27H27F3N8O3S/c1-17(15-41-16-19-9-20-14-36(7-8-37(20)35-19)26-32-11-22(10-31)42-26)34-23-12-33-38(25(39)24(23)27(28,29)30)13-18-3-5-21(40-2)6-4-18/h3-6,9,11-12,17,34H,7-8,13-16H2,1-2H3/t17-/m0/s1. The van der Waals surface area contributed by atoms with Crippen molar-refractivity contribution < 1.29 is 22.6 Å². The molecule has 1 aliphatic heterocycles. The monoisotopic (exact) mass is 600 g/mol. The zero-order chi connectivity index (χ0) is 29.9. The van der Waals surface area contributed by atoms with Crippen molar-refractivity contribution in [1.29, 1.82) is 5.26 Å². The van der Waals surface area contributed by atoms with E-state index in [0.717, 1.165) is 21.7 Å². The second-order valence-corrected chi connectivity index (χ2v) is 10.7. The molecule has 0 spiro atoms. The molecule has 0 amide bonds. The SMILES string of the molecule is COc1ccc(Cn2ncc(N[C@@H](C)COCc3cc4n(n3)CCN(c3ncc(C#N)s3)C4)c(C(F)(F)F)c2=O)cc1. The van der Waals surface area contributed by atoms with Crippen LogP contribution >= 0.6 is 11.3 Å². The van der Waals surface area contributed by atoms with E-state index in [1.54, 1.807) is 37.4 Å². The minimum Gasteiger partial charge on any atom is -0.497 e. The molecule has 1 N–H and O–H groups in total. The highest BCUT2D eigenvalue weighted by atomic mass is 32.1. The molecular weight excluding hydrogens is 573 g/mol. The summed E-state index contributed by atoms with van der Waals surface area (Å²) in [4.78, 5) is 19.8. The van der Waals surface area contributed by atoms with Crippen molar-refractivity contribution >= 4 is 22.2 Å². The van der Waals surface area contributed by atoms with Crippen LogP contribution in [0.1, 0.15) is 34.3 Å². The Hall–Kier alpha value is -4.42. The lowest BCUT2D eigenvalue weighted by molar-refractivity contribution is -0.138. The first-order valence-corrected chi connectivity index (χ1v) is 13.8. The molecule has 42 heavy (non-hydrogen) atoms. The fourth-order valence-corrected chi connectivity index (χ4v) is 5.30. The highest BCUT2D eigenvalue weighted by Crippen LogP contribution is 2.32. The fourth-order valence-electron chi connectivity index (χ4n) is 4.56. The molecule has 11 nitrogen and oxygen atoms in total. The lowest BCUT2D eigenvalue weighted by Gasteiger charge is -2.26. The van der Waals surface area contributed by atoms with Crippen LogP contribution in [0.25, 0.3) is 0 Å². The van der Waals surface area contributed by atoms with Gasteiger partial charge in [0.1, 0.15) is 22.3 Å². The first-order chi connectivity index (χ1) is 20.1. The molecule has 1 aliphatic rings. The predicted molar refractivity (Wildman–Crippen MR) is 148 cm³/mol. The Bertz CT molecular complexity index is 1640. The first kappa shape index (κ1) is 29.1. The topological polar surface area (TPSA) is 123 Å². The largest absolute Gasteiger partial charge is 0.497 e. The molecule has 15 heteroatoms. The average molecular weight is 601 g/mol. The number of rotatable bonds is 10. The van der Waals surface area contributed by atoms with E-state index in [-0.39, 0.29) is 19.8 Å². The van der Waals surface area contributed by atoms with E-state index < -0.39 is 29.0 Å². The molecule has 0 unspecified atom stereocenters. The van der Waals surface area contributed by atoms with Crippen molar-refractivity contribution in [1.82, 2.24) is 24.5 Å². The van der Waals surface area contributed by atoms with E-state index in [1.165, 1.54) is 18.4 Å². The summed E-state index contributed by atoms with van der Waals surface area (Å²) in [6.07, 6.45) is -2.31. The van der Waals surface area contributed by atoms with Crippen LogP contribution in [0.15, 0.2) is 47.5 Å². The maximum Gasteiger partial charge on any atom is 0.423 e. The summed E-state index contributed by atoms with van der Waals surface area (Å²) in [5.74, 6) is 0.590. The third kappa shape index (κ3) is 6.55. The summed E-state index contributed by atoms with van der Waals surface area (Å²) in [5, 5.41) is 21.1. The van der Waals surface area contributed by atoms with Gasteiger partial charge in [-0.2, -0.15) is 28.6 Å². The van der Waals surface area contributed by atoms with Gasteiger partial charge in [0.2, 0.25) is 0 Å². The molecule has 5 rings (SSSR count). The van der Waals surface area contributed by atoms with Crippen molar-refractivity contribution in [2.75, 3.05) is 30.5 Å². The maximum atomic E-state index is 14.0. The van der Waals surface area contributed by atoms with Crippen LogP contribution < -0.4 is 20.5 Å². The summed E-state index contributed by atoms with van der Waals surface area (Å²) in [5.41, 5.74) is -0.702. The summed E-state index contributed by atoms with van der Waals surface area (Å²) in [6.45, 7) is 3.69. The van der Waals surface area contributed by atoms with Crippen LogP contribution in [0.4, 0.5) is 24.0 Å². The van der Waals surface area contributed by atoms with Crippen molar-refractivity contribution in [3.8, 4) is 11.8 Å². The average Bonchev–Trinajstić information content (AvgIpc) is 3.60. The van der Waals surface area contributed by atoms with Crippen LogP contribution in [0, 0.1) is 11.3 Å². The summed E-state index contributed by atoms with van der Waals surface area (Å²) in [6, 6.07) is 10.1. The number of nitrogens with one attached hydrogen (secondary N) is 1. The van der Waals surface area contributed by atoms with Gasteiger partial charge in [0, 0.05) is 12.6 Å². The summed E-state index contributed by atoms with van der Waals surface area (Å²) in [7, 11) is 1.50. The molecular formula is C27H27F3N8O3S. The number of benzene rings is 1. The highest BCUT2D eigenvalue weighted by Gasteiger charge is 2.38. The van der Waals surface area contributed by atoms with Crippen LogP contribution in [0.3, 0.4) is 0 Å². The number of ether oxygens (including phenoxy) is 2. The summed E-state index contributed by atoms with van der Waals surface area (Å²) >= 11 is 1.34. The van der Waals surface area contributed by atoms with Crippen molar-refractivity contribution in [3.05, 3.63) is 80.5 Å². The third-order valence-electron chi connectivity index (χ3n) is 6.56. The van der Waals surface area contributed by atoms with Gasteiger partial charge in [-0.1, -0.05) is 23.5 Å². The van der Waals surface area contributed by atoms with E-state index >= 15 is 0 Å². The molecule has 0 bridgehead atoms. The van der Waals surface area contributed by atoms with E-state index in [0.29, 0.717) is 41.5 Å². The molecule has 1 atom stereocenters. The lowest BCUT2D eigenvalue weighted by atomic mass is 10.2. The number of methoxy groups -OCH3 is 1. The Labute approximate surface area is 242 Å². The number of nitriles is 1. The van der Waals surface area contributed by atoms with Gasteiger partial charge in [-0.3, -0.25) is 9.48 Å². The van der Waals surface area contributed by atoms with Gasteiger partial charge in [0.25, 0.3) is 5.56 Å². The van der Waals surface area contributed by atoms with Crippen LogP contribution in [0.5, 0.6) is 5.75 Å². The zero-order valence-corrected chi connectivity index (χ0v) is 23.6. The van der Waals surface area contributed by atoms with Gasteiger partial charge in [0.05, 0.1) is 69.4 Å². The molecule has 0 radical (unpaired) electrons. The Kier molecular flexibility index (Phi) is 8.46. The molecule has 0 saturated carbocycles. The number of aromatic nitrogens is 5. The molecule has 4 aromatic rings. The van der Waals surface area contributed by atoms with Crippen LogP contribution in [-0.2, 0) is 37.2 Å². The fraction of sp³-hybridized carbons (Fsp3) is 0.370. The normalized spacial score (nSPS) is 13.9. The Morgan fingerprint density at radius 2 is 2.00 bits per heavy atom. The van der Waals surface area contributed by atoms with Gasteiger partial charge in [-0.05, 0) is 30.7 Å². The van der Waals surface area contributed by atoms with E-state index in [1.807, 2.05) is 10.7 Å². The minimum atomic E-state index is -4.89. The molecule has 3 aromatic heterocycles. The number of hydrogen-bond donors (Lipinski definition) is 1. The second kappa shape index (κ2) is 12.2. The Morgan fingerprint density at radius 1 is 1.21 bits per heavy atom. The number of hydrogen-bond acceptors (Lipinski definition) is 10. The van der Waals surface area contributed by atoms with E-state index in [9.17, 15) is 18.0 Å². The number of alkyl halides is 3. The first-order valence-electron chi connectivity index (χ1n) is 13.0.